The molecule has 0 aromatic carbocycles. The number of hydrazine groups is 1. The topological polar surface area (TPSA) is 114 Å². The minimum Gasteiger partial charge on any atom is -0.481 e. The maximum absolute atomic E-state index is 10.2. The summed E-state index contributed by atoms with van der Waals surface area (Å²) in [5.74, 6) is 9.59. The Balaban J connectivity index is 3.85. The fourth-order valence-electron chi connectivity index (χ4n) is 0.783. The summed E-state index contributed by atoms with van der Waals surface area (Å²) >= 11 is 0. The zero-order valence-electron chi connectivity index (χ0n) is 6.95. The van der Waals surface area contributed by atoms with Crippen LogP contribution in [0.25, 0.3) is 0 Å². The number of aliphatic carboxylic acids is 1. The van der Waals surface area contributed by atoms with Crippen molar-refractivity contribution in [3.8, 4) is 0 Å². The number of amidine groups is 1. The summed E-state index contributed by atoms with van der Waals surface area (Å²) in [5.41, 5.74) is 2.31. The zero-order valence-corrected chi connectivity index (χ0v) is 6.95. The van der Waals surface area contributed by atoms with Crippen molar-refractivity contribution >= 4 is 11.8 Å². The number of nitrogens with zero attached hydrogens (tertiary/aromatic N) is 1. The number of nitrogens with one attached hydrogen (secondary N) is 1. The van der Waals surface area contributed by atoms with E-state index in [2.05, 4.69) is 10.5 Å². The molecule has 6 N–H and O–H groups in total. The number of carboxylic acid groups (broad SMARTS) is 1. The number of carbonyl (C=O) groups is 1. The van der Waals surface area contributed by atoms with Gasteiger partial charge in [0.2, 0.25) is 0 Å². The number of hydrazone groups is 1. The molecule has 0 aromatic rings. The Morgan fingerprint density at radius 1 is 1.75 bits per heavy atom. The van der Waals surface area contributed by atoms with Crippen LogP contribution in [0.1, 0.15) is 19.8 Å². The highest BCUT2D eigenvalue weighted by atomic mass is 16.4. The van der Waals surface area contributed by atoms with E-state index in [-0.39, 0.29) is 12.3 Å². The van der Waals surface area contributed by atoms with Crippen LogP contribution < -0.4 is 17.1 Å². The average molecular weight is 174 g/mol. The Hall–Kier alpha value is -1.30. The Kier molecular flexibility index (Phi) is 4.78. The van der Waals surface area contributed by atoms with Crippen LogP contribution in [0.3, 0.4) is 0 Å². The van der Waals surface area contributed by atoms with Crippen molar-refractivity contribution in [2.45, 2.75) is 19.8 Å². The van der Waals surface area contributed by atoms with Gasteiger partial charge in [-0.25, -0.2) is 5.84 Å². The van der Waals surface area contributed by atoms with E-state index in [9.17, 15) is 4.79 Å². The van der Waals surface area contributed by atoms with Crippen LogP contribution >= 0.6 is 0 Å². The largest absolute Gasteiger partial charge is 0.481 e. The van der Waals surface area contributed by atoms with Crippen molar-refractivity contribution in [3.05, 3.63) is 0 Å². The molecule has 0 saturated carbocycles. The monoisotopic (exact) mass is 174 g/mol. The van der Waals surface area contributed by atoms with E-state index >= 15 is 0 Å². The van der Waals surface area contributed by atoms with Crippen LogP contribution in [-0.4, -0.2) is 16.9 Å². The third kappa shape index (κ3) is 3.77. The Labute approximate surface area is 70.6 Å². The molecule has 0 spiro atoms. The third-order valence-electron chi connectivity index (χ3n) is 1.54. The van der Waals surface area contributed by atoms with E-state index < -0.39 is 5.97 Å². The molecule has 0 aliphatic rings. The summed E-state index contributed by atoms with van der Waals surface area (Å²) in [6, 6.07) is 0. The molecule has 0 aliphatic carbocycles. The van der Waals surface area contributed by atoms with Crippen molar-refractivity contribution in [2.24, 2.45) is 22.7 Å². The molecule has 0 saturated heterocycles. The van der Waals surface area contributed by atoms with Gasteiger partial charge in [-0.05, 0) is 6.42 Å². The highest BCUT2D eigenvalue weighted by molar-refractivity contribution is 5.83. The van der Waals surface area contributed by atoms with Crippen molar-refractivity contribution in [2.75, 3.05) is 0 Å². The molecule has 0 unspecified atom stereocenters. The highest BCUT2D eigenvalue weighted by Gasteiger charge is 2.10. The van der Waals surface area contributed by atoms with E-state index in [0.717, 1.165) is 0 Å². The fourth-order valence-corrected chi connectivity index (χ4v) is 0.783. The molecule has 0 rings (SSSR count). The van der Waals surface area contributed by atoms with Gasteiger partial charge in [-0.3, -0.25) is 4.79 Å². The molecule has 0 bridgehead atoms. The quantitative estimate of drug-likeness (QED) is 0.193. The van der Waals surface area contributed by atoms with Crippen LogP contribution in [0, 0.1) is 5.92 Å². The summed E-state index contributed by atoms with van der Waals surface area (Å²) in [6.07, 6.45) is 0.553. The van der Waals surface area contributed by atoms with Gasteiger partial charge in [0.25, 0.3) is 0 Å². The first-order valence-electron chi connectivity index (χ1n) is 3.58. The summed E-state index contributed by atoms with van der Waals surface area (Å²) < 4.78 is 0. The van der Waals surface area contributed by atoms with Gasteiger partial charge in [-0.15, -0.1) is 0 Å². The average Bonchev–Trinajstić information content (AvgIpc) is 2.03. The first kappa shape index (κ1) is 10.7. The van der Waals surface area contributed by atoms with E-state index in [0.29, 0.717) is 12.3 Å². The highest BCUT2D eigenvalue weighted by Crippen LogP contribution is 2.05. The van der Waals surface area contributed by atoms with Gasteiger partial charge in [0.05, 0.1) is 0 Å². The zero-order chi connectivity index (χ0) is 9.56. The molecule has 0 amide bonds. The lowest BCUT2D eigenvalue weighted by Crippen LogP contribution is -2.36. The molecule has 12 heavy (non-hydrogen) atoms. The Morgan fingerprint density at radius 3 is 2.67 bits per heavy atom. The molecule has 0 aromatic heterocycles. The minimum atomic E-state index is -0.838. The van der Waals surface area contributed by atoms with Crippen LogP contribution in [0.2, 0.25) is 0 Å². The van der Waals surface area contributed by atoms with Crippen molar-refractivity contribution in [1.29, 1.82) is 0 Å². The second kappa shape index (κ2) is 5.36. The number of carboxylic acids is 1. The fraction of sp³-hybridized carbons (Fsp3) is 0.667. The van der Waals surface area contributed by atoms with E-state index in [1.807, 2.05) is 0 Å². The van der Waals surface area contributed by atoms with E-state index in [1.54, 1.807) is 6.92 Å². The smallest absolute Gasteiger partial charge is 0.303 e. The Bertz CT molecular complexity index is 180. The van der Waals surface area contributed by atoms with Gasteiger partial charge in [-0.1, -0.05) is 6.92 Å². The number of hydrogen-bond donors (Lipinski definition) is 4. The predicted molar refractivity (Wildman–Crippen MR) is 45.0 cm³/mol. The van der Waals surface area contributed by atoms with Gasteiger partial charge in [0, 0.05) is 12.3 Å². The molecule has 0 fully saturated rings. The number of nitrogens with two attached hydrogens (primary N) is 2. The van der Waals surface area contributed by atoms with Crippen LogP contribution in [0.15, 0.2) is 5.10 Å². The lowest BCUT2D eigenvalue weighted by Gasteiger charge is -2.10. The molecule has 0 aliphatic heterocycles. The molecule has 6 nitrogen and oxygen atoms in total. The summed E-state index contributed by atoms with van der Waals surface area (Å²) in [7, 11) is 0. The SMILES string of the molecule is C[C@@H](CCC(=O)O)/C(=N/N)NN. The van der Waals surface area contributed by atoms with Gasteiger partial charge >= 0.3 is 5.97 Å². The van der Waals surface area contributed by atoms with Crippen molar-refractivity contribution < 1.29 is 9.90 Å². The minimum absolute atomic E-state index is 0.0592. The summed E-state index contributed by atoms with van der Waals surface area (Å²) in [6.45, 7) is 1.80. The summed E-state index contributed by atoms with van der Waals surface area (Å²) in [5, 5.41) is 11.7. The molecular weight excluding hydrogens is 160 g/mol. The Morgan fingerprint density at radius 2 is 2.33 bits per heavy atom. The normalized spacial score (nSPS) is 14.0. The van der Waals surface area contributed by atoms with Crippen LogP contribution in [0.4, 0.5) is 0 Å². The lowest BCUT2D eigenvalue weighted by atomic mass is 10.1. The van der Waals surface area contributed by atoms with Gasteiger partial charge in [0.15, 0.2) is 0 Å². The second-order valence-corrected chi connectivity index (χ2v) is 2.49. The first-order valence-corrected chi connectivity index (χ1v) is 3.58. The molecular formula is C6H14N4O2. The summed E-state index contributed by atoms with van der Waals surface area (Å²) in [4.78, 5) is 10.2. The standard InChI is InChI=1S/C6H14N4O2/c1-4(2-3-5(11)12)6(9-7)10-8/h4H,2-3,7-8H2,1H3,(H,9,10)(H,11,12)/t4-/m0/s1. The van der Waals surface area contributed by atoms with Gasteiger partial charge in [0.1, 0.15) is 5.84 Å². The van der Waals surface area contributed by atoms with Gasteiger partial charge in [-0.2, -0.15) is 5.10 Å². The molecule has 0 radical (unpaired) electrons. The predicted octanol–water partition coefficient (Wildman–Crippen LogP) is -0.777. The third-order valence-corrected chi connectivity index (χ3v) is 1.54. The molecule has 6 heteroatoms. The van der Waals surface area contributed by atoms with Crippen LogP contribution in [-0.2, 0) is 4.79 Å². The first-order chi connectivity index (χ1) is 5.61. The number of hydrogen-bond acceptors (Lipinski definition) is 4. The molecule has 1 atom stereocenters. The van der Waals surface area contributed by atoms with E-state index in [1.165, 1.54) is 0 Å². The lowest BCUT2D eigenvalue weighted by molar-refractivity contribution is -0.137. The molecule has 0 heterocycles. The van der Waals surface area contributed by atoms with E-state index in [4.69, 9.17) is 16.8 Å². The maximum Gasteiger partial charge on any atom is 0.303 e. The van der Waals surface area contributed by atoms with Crippen molar-refractivity contribution in [3.63, 3.8) is 0 Å². The second-order valence-electron chi connectivity index (χ2n) is 2.49. The maximum atomic E-state index is 10.2. The van der Waals surface area contributed by atoms with Crippen LogP contribution in [0.5, 0.6) is 0 Å². The molecule has 70 valence electrons. The van der Waals surface area contributed by atoms with Gasteiger partial charge < -0.3 is 16.4 Å². The number of rotatable bonds is 4. The van der Waals surface area contributed by atoms with Crippen molar-refractivity contribution in [1.82, 2.24) is 5.43 Å².